The minimum Gasteiger partial charge on any atom is -0.343 e. The maximum absolute atomic E-state index is 12.0. The number of hydrogen-bond donors (Lipinski definition) is 1. The van der Waals surface area contributed by atoms with Crippen molar-refractivity contribution in [1.82, 2.24) is 10.2 Å². The Balaban J connectivity index is 2.32. The highest BCUT2D eigenvalue weighted by atomic mass is 16.2. The zero-order valence-electron chi connectivity index (χ0n) is 11.5. The van der Waals surface area contributed by atoms with Crippen LogP contribution in [0.25, 0.3) is 0 Å². The highest BCUT2D eigenvalue weighted by Crippen LogP contribution is 2.21. The van der Waals surface area contributed by atoms with Crippen molar-refractivity contribution in [3.63, 3.8) is 0 Å². The minimum absolute atomic E-state index is 0.325. The summed E-state index contributed by atoms with van der Waals surface area (Å²) in [7, 11) is 3.93. The van der Waals surface area contributed by atoms with Crippen molar-refractivity contribution in [3.8, 4) is 0 Å². The van der Waals surface area contributed by atoms with E-state index >= 15 is 0 Å². The van der Waals surface area contributed by atoms with E-state index in [0.29, 0.717) is 18.4 Å². The SMILES string of the molecule is CNCCCC(=O)N(C)C1CCCCCCC1. The molecule has 1 rings (SSSR count). The van der Waals surface area contributed by atoms with Gasteiger partial charge < -0.3 is 10.2 Å². The third kappa shape index (κ3) is 5.53. The first kappa shape index (κ1) is 14.5. The fourth-order valence-corrected chi connectivity index (χ4v) is 2.62. The first-order chi connectivity index (χ1) is 8.25. The summed E-state index contributed by atoms with van der Waals surface area (Å²) in [6.45, 7) is 0.935. The standard InChI is InChI=1S/C14H28N2O/c1-15-12-8-11-14(17)16(2)13-9-6-4-3-5-7-10-13/h13,15H,3-12H2,1-2H3. The average Bonchev–Trinajstić information content (AvgIpc) is 2.28. The normalized spacial score (nSPS) is 18.5. The van der Waals surface area contributed by atoms with Crippen LogP contribution >= 0.6 is 0 Å². The monoisotopic (exact) mass is 240 g/mol. The molecule has 1 amide bonds. The highest BCUT2D eigenvalue weighted by molar-refractivity contribution is 5.76. The first-order valence-electron chi connectivity index (χ1n) is 7.16. The first-order valence-corrected chi connectivity index (χ1v) is 7.16. The predicted molar refractivity (Wildman–Crippen MR) is 72.0 cm³/mol. The van der Waals surface area contributed by atoms with Crippen molar-refractivity contribution in [3.05, 3.63) is 0 Å². The van der Waals surface area contributed by atoms with E-state index in [1.807, 2.05) is 19.0 Å². The highest BCUT2D eigenvalue weighted by Gasteiger charge is 2.19. The van der Waals surface area contributed by atoms with Gasteiger partial charge in [0.25, 0.3) is 0 Å². The molecular formula is C14H28N2O. The van der Waals surface area contributed by atoms with E-state index in [1.165, 1.54) is 44.9 Å². The molecule has 0 atom stereocenters. The summed E-state index contributed by atoms with van der Waals surface area (Å²) in [5, 5.41) is 3.09. The van der Waals surface area contributed by atoms with E-state index in [1.54, 1.807) is 0 Å². The molecule has 0 heterocycles. The fraction of sp³-hybridized carbons (Fsp3) is 0.929. The van der Waals surface area contributed by atoms with E-state index in [0.717, 1.165) is 13.0 Å². The number of hydrogen-bond acceptors (Lipinski definition) is 2. The molecule has 0 aromatic carbocycles. The number of amides is 1. The third-order valence-corrected chi connectivity index (χ3v) is 3.83. The lowest BCUT2D eigenvalue weighted by Gasteiger charge is -2.30. The minimum atomic E-state index is 0.325. The Kier molecular flexibility index (Phi) is 7.25. The van der Waals surface area contributed by atoms with Crippen LogP contribution in [0.1, 0.15) is 57.8 Å². The third-order valence-electron chi connectivity index (χ3n) is 3.83. The fourth-order valence-electron chi connectivity index (χ4n) is 2.62. The Morgan fingerprint density at radius 3 is 2.35 bits per heavy atom. The van der Waals surface area contributed by atoms with Crippen LogP contribution in [-0.2, 0) is 4.79 Å². The predicted octanol–water partition coefficient (Wildman–Crippen LogP) is 2.56. The van der Waals surface area contributed by atoms with Crippen molar-refractivity contribution in [1.29, 1.82) is 0 Å². The van der Waals surface area contributed by atoms with Gasteiger partial charge in [-0.05, 0) is 32.9 Å². The van der Waals surface area contributed by atoms with Gasteiger partial charge >= 0.3 is 0 Å². The summed E-state index contributed by atoms with van der Waals surface area (Å²) in [5.74, 6) is 0.325. The van der Waals surface area contributed by atoms with Crippen LogP contribution in [-0.4, -0.2) is 37.5 Å². The number of nitrogens with one attached hydrogen (secondary N) is 1. The quantitative estimate of drug-likeness (QED) is 0.749. The molecule has 1 fully saturated rings. The molecule has 1 aliphatic rings. The molecule has 0 spiro atoms. The van der Waals surface area contributed by atoms with Crippen molar-refractivity contribution in [2.45, 2.75) is 63.8 Å². The van der Waals surface area contributed by atoms with Gasteiger partial charge in [-0.25, -0.2) is 0 Å². The van der Waals surface area contributed by atoms with Crippen molar-refractivity contribution < 1.29 is 4.79 Å². The zero-order valence-corrected chi connectivity index (χ0v) is 11.5. The molecule has 0 aliphatic heterocycles. The van der Waals surface area contributed by atoms with E-state index < -0.39 is 0 Å². The molecule has 0 radical (unpaired) electrons. The maximum Gasteiger partial charge on any atom is 0.222 e. The van der Waals surface area contributed by atoms with Gasteiger partial charge in [0.1, 0.15) is 0 Å². The van der Waals surface area contributed by atoms with Crippen LogP contribution < -0.4 is 5.32 Å². The summed E-state index contributed by atoms with van der Waals surface area (Å²) < 4.78 is 0. The Labute approximate surface area is 106 Å². The summed E-state index contributed by atoms with van der Waals surface area (Å²) in [6, 6.07) is 0.498. The van der Waals surface area contributed by atoms with E-state index in [-0.39, 0.29) is 0 Å². The van der Waals surface area contributed by atoms with Crippen LogP contribution in [0.5, 0.6) is 0 Å². The summed E-state index contributed by atoms with van der Waals surface area (Å²) >= 11 is 0. The Hall–Kier alpha value is -0.570. The molecule has 0 saturated heterocycles. The Morgan fingerprint density at radius 2 is 1.76 bits per heavy atom. The molecule has 0 unspecified atom stereocenters. The Bertz CT molecular complexity index is 210. The number of nitrogens with zero attached hydrogens (tertiary/aromatic N) is 1. The van der Waals surface area contributed by atoms with Gasteiger partial charge in [0.15, 0.2) is 0 Å². The van der Waals surface area contributed by atoms with Crippen molar-refractivity contribution in [2.75, 3.05) is 20.6 Å². The smallest absolute Gasteiger partial charge is 0.222 e. The number of carbonyl (C=O) groups excluding carboxylic acids is 1. The van der Waals surface area contributed by atoms with Crippen molar-refractivity contribution in [2.24, 2.45) is 0 Å². The zero-order chi connectivity index (χ0) is 12.5. The molecule has 0 bridgehead atoms. The second-order valence-electron chi connectivity index (χ2n) is 5.21. The molecule has 17 heavy (non-hydrogen) atoms. The van der Waals surface area contributed by atoms with Crippen LogP contribution in [0.4, 0.5) is 0 Å². The molecule has 100 valence electrons. The van der Waals surface area contributed by atoms with Gasteiger partial charge in [-0.2, -0.15) is 0 Å². The molecule has 1 N–H and O–H groups in total. The van der Waals surface area contributed by atoms with E-state index in [9.17, 15) is 4.79 Å². The topological polar surface area (TPSA) is 32.3 Å². The summed E-state index contributed by atoms with van der Waals surface area (Å²) in [5.41, 5.74) is 0. The molecular weight excluding hydrogens is 212 g/mol. The van der Waals surface area contributed by atoms with Gasteiger partial charge in [0.05, 0.1) is 0 Å². The largest absolute Gasteiger partial charge is 0.343 e. The van der Waals surface area contributed by atoms with E-state index in [2.05, 4.69) is 5.32 Å². The molecule has 0 aromatic heterocycles. The summed E-state index contributed by atoms with van der Waals surface area (Å²) in [4.78, 5) is 14.0. The van der Waals surface area contributed by atoms with Gasteiger partial charge in [0, 0.05) is 19.5 Å². The molecule has 3 heteroatoms. The molecule has 0 aromatic rings. The second kappa shape index (κ2) is 8.51. The lowest BCUT2D eigenvalue weighted by Crippen LogP contribution is -2.37. The van der Waals surface area contributed by atoms with Crippen LogP contribution in [0.3, 0.4) is 0 Å². The average molecular weight is 240 g/mol. The van der Waals surface area contributed by atoms with Gasteiger partial charge in [-0.3, -0.25) is 4.79 Å². The second-order valence-corrected chi connectivity index (χ2v) is 5.21. The molecule has 3 nitrogen and oxygen atoms in total. The number of carbonyl (C=O) groups is 1. The molecule has 1 saturated carbocycles. The Morgan fingerprint density at radius 1 is 1.18 bits per heavy atom. The summed E-state index contributed by atoms with van der Waals surface area (Å²) in [6.07, 6.45) is 10.7. The lowest BCUT2D eigenvalue weighted by atomic mass is 9.95. The van der Waals surface area contributed by atoms with Crippen LogP contribution in [0.2, 0.25) is 0 Å². The van der Waals surface area contributed by atoms with E-state index in [4.69, 9.17) is 0 Å². The van der Waals surface area contributed by atoms with Crippen LogP contribution in [0, 0.1) is 0 Å². The van der Waals surface area contributed by atoms with Crippen molar-refractivity contribution >= 4 is 5.91 Å². The molecule has 1 aliphatic carbocycles. The number of rotatable bonds is 5. The van der Waals surface area contributed by atoms with Crippen LogP contribution in [0.15, 0.2) is 0 Å². The van der Waals surface area contributed by atoms with Gasteiger partial charge in [-0.1, -0.05) is 32.1 Å². The maximum atomic E-state index is 12.0. The van der Waals surface area contributed by atoms with Gasteiger partial charge in [0.2, 0.25) is 5.91 Å². The van der Waals surface area contributed by atoms with Gasteiger partial charge in [-0.15, -0.1) is 0 Å². The lowest BCUT2D eigenvalue weighted by molar-refractivity contribution is -0.132.